The van der Waals surface area contributed by atoms with E-state index in [1.54, 1.807) is 48.5 Å². The number of ether oxygens (including phenoxy) is 3. The van der Waals surface area contributed by atoms with Crippen LogP contribution in [0.4, 0.5) is 11.4 Å². The number of anilines is 2. The lowest BCUT2D eigenvalue weighted by Crippen LogP contribution is -2.38. The first kappa shape index (κ1) is 20.1. The van der Waals surface area contributed by atoms with E-state index in [1.807, 2.05) is 6.07 Å². The zero-order valence-corrected chi connectivity index (χ0v) is 16.0. The first-order chi connectivity index (χ1) is 14.0. The number of nitrogens with zero attached hydrogens (tertiary/aromatic N) is 1. The molecule has 0 fully saturated rings. The minimum Gasteiger partial charge on any atom is -0.466 e. The Hall–Kier alpha value is -3.65. The Morgan fingerprint density at radius 2 is 1.59 bits per heavy atom. The van der Waals surface area contributed by atoms with Crippen molar-refractivity contribution in [1.29, 1.82) is 0 Å². The zero-order valence-electron chi connectivity index (χ0n) is 16.0. The van der Waals surface area contributed by atoms with Gasteiger partial charge in [-0.2, -0.15) is 0 Å². The van der Waals surface area contributed by atoms with Crippen LogP contribution in [-0.2, 0) is 23.8 Å². The van der Waals surface area contributed by atoms with Gasteiger partial charge in [0.2, 0.25) is 0 Å². The third-order valence-corrected chi connectivity index (χ3v) is 4.31. The van der Waals surface area contributed by atoms with E-state index in [9.17, 15) is 14.4 Å². The lowest BCUT2D eigenvalue weighted by atomic mass is 10.1. The van der Waals surface area contributed by atoms with E-state index in [2.05, 4.69) is 5.32 Å². The topological polar surface area (TPSA) is 94.2 Å². The minimum absolute atomic E-state index is 0.0562. The Balaban J connectivity index is 1.85. The highest BCUT2D eigenvalue weighted by Crippen LogP contribution is 2.27. The molecule has 0 spiro atoms. The number of esters is 2. The van der Waals surface area contributed by atoms with E-state index in [-0.39, 0.29) is 30.5 Å². The van der Waals surface area contributed by atoms with Crippen molar-refractivity contribution >= 4 is 29.2 Å². The molecule has 2 aromatic carbocycles. The summed E-state index contributed by atoms with van der Waals surface area (Å²) in [7, 11) is 2.47. The van der Waals surface area contributed by atoms with Crippen LogP contribution in [0.2, 0.25) is 0 Å². The molecule has 0 unspecified atom stereocenters. The van der Waals surface area contributed by atoms with Crippen LogP contribution in [0.25, 0.3) is 0 Å². The summed E-state index contributed by atoms with van der Waals surface area (Å²) in [4.78, 5) is 38.1. The molecule has 150 valence electrons. The molecule has 1 amide bonds. The lowest BCUT2D eigenvalue weighted by Gasteiger charge is -2.31. The van der Waals surface area contributed by atoms with Crippen molar-refractivity contribution in [3.05, 3.63) is 71.4 Å². The van der Waals surface area contributed by atoms with E-state index in [4.69, 9.17) is 14.2 Å². The molecule has 1 aliphatic rings. The quantitative estimate of drug-likeness (QED) is 0.775. The van der Waals surface area contributed by atoms with Gasteiger partial charge in [-0.15, -0.1) is 0 Å². The number of methoxy groups -OCH3 is 2. The molecular weight excluding hydrogens is 376 g/mol. The van der Waals surface area contributed by atoms with Crippen LogP contribution in [0.3, 0.4) is 0 Å². The summed E-state index contributed by atoms with van der Waals surface area (Å²) in [5.41, 5.74) is 1.85. The molecular formula is C21H20N2O6. The number of hydrogen-bond acceptors (Lipinski definition) is 7. The van der Waals surface area contributed by atoms with Gasteiger partial charge < -0.3 is 24.4 Å². The van der Waals surface area contributed by atoms with Gasteiger partial charge >= 0.3 is 11.9 Å². The molecule has 0 radical (unpaired) electrons. The molecule has 0 aliphatic carbocycles. The fraction of sp³-hybridized carbons (Fsp3) is 0.190. The summed E-state index contributed by atoms with van der Waals surface area (Å²) < 4.78 is 15.0. The highest BCUT2D eigenvalue weighted by molar-refractivity contribution is 6.05. The molecule has 0 aromatic heterocycles. The molecule has 1 aliphatic heterocycles. The second-order valence-corrected chi connectivity index (χ2v) is 6.08. The van der Waals surface area contributed by atoms with Gasteiger partial charge in [-0.3, -0.25) is 4.79 Å². The molecule has 1 N–H and O–H groups in total. The molecule has 0 atom stereocenters. The SMILES string of the molecule is COC(=O)C1=C(C(=O)OC)N(c2ccc(NC(=O)c3ccccc3)cc2)COC1. The van der Waals surface area contributed by atoms with Gasteiger partial charge in [-0.05, 0) is 36.4 Å². The number of amides is 1. The minimum atomic E-state index is -0.671. The van der Waals surface area contributed by atoms with Gasteiger partial charge in [0.25, 0.3) is 5.91 Å². The van der Waals surface area contributed by atoms with Gasteiger partial charge in [0, 0.05) is 16.9 Å². The largest absolute Gasteiger partial charge is 0.466 e. The van der Waals surface area contributed by atoms with Crippen LogP contribution in [0, 0.1) is 0 Å². The van der Waals surface area contributed by atoms with E-state index in [0.717, 1.165) is 0 Å². The van der Waals surface area contributed by atoms with Crippen molar-refractivity contribution in [3.63, 3.8) is 0 Å². The number of hydrogen-bond donors (Lipinski definition) is 1. The van der Waals surface area contributed by atoms with Crippen LogP contribution < -0.4 is 10.2 Å². The highest BCUT2D eigenvalue weighted by atomic mass is 16.5. The van der Waals surface area contributed by atoms with Crippen molar-refractivity contribution in [2.24, 2.45) is 0 Å². The van der Waals surface area contributed by atoms with Crippen molar-refractivity contribution in [2.75, 3.05) is 37.8 Å². The summed E-state index contributed by atoms with van der Waals surface area (Å²) in [5.74, 6) is -1.57. The van der Waals surface area contributed by atoms with Gasteiger partial charge in [-0.1, -0.05) is 18.2 Å². The maximum Gasteiger partial charge on any atom is 0.355 e. The second-order valence-electron chi connectivity index (χ2n) is 6.08. The molecule has 8 nitrogen and oxygen atoms in total. The molecule has 0 saturated carbocycles. The Morgan fingerprint density at radius 1 is 0.931 bits per heavy atom. The number of carbonyl (C=O) groups is 3. The van der Waals surface area contributed by atoms with E-state index < -0.39 is 11.9 Å². The number of benzene rings is 2. The maximum atomic E-state index is 12.3. The van der Waals surface area contributed by atoms with E-state index in [0.29, 0.717) is 16.9 Å². The Morgan fingerprint density at radius 3 is 2.21 bits per heavy atom. The normalized spacial score (nSPS) is 13.7. The van der Waals surface area contributed by atoms with E-state index >= 15 is 0 Å². The highest BCUT2D eigenvalue weighted by Gasteiger charge is 2.32. The number of rotatable bonds is 5. The average Bonchev–Trinajstić information content (AvgIpc) is 2.78. The van der Waals surface area contributed by atoms with Crippen LogP contribution in [0.5, 0.6) is 0 Å². The Kier molecular flexibility index (Phi) is 6.25. The van der Waals surface area contributed by atoms with Gasteiger partial charge in [-0.25, -0.2) is 9.59 Å². The van der Waals surface area contributed by atoms with Crippen molar-refractivity contribution in [1.82, 2.24) is 0 Å². The summed E-state index contributed by atoms with van der Waals surface area (Å²) in [5, 5.41) is 2.80. The Labute approximate surface area is 167 Å². The van der Waals surface area contributed by atoms with Crippen molar-refractivity contribution in [2.45, 2.75) is 0 Å². The Bertz CT molecular complexity index is 937. The van der Waals surface area contributed by atoms with Crippen LogP contribution in [0.15, 0.2) is 65.9 Å². The summed E-state index contributed by atoms with van der Waals surface area (Å²) in [6.45, 7) is -0.000524. The van der Waals surface area contributed by atoms with Crippen molar-refractivity contribution < 1.29 is 28.6 Å². The second kappa shape index (κ2) is 9.03. The predicted molar refractivity (Wildman–Crippen MR) is 105 cm³/mol. The molecule has 0 saturated heterocycles. The molecule has 1 heterocycles. The molecule has 2 aromatic rings. The number of carbonyl (C=O) groups excluding carboxylic acids is 3. The molecule has 8 heteroatoms. The number of nitrogens with one attached hydrogen (secondary N) is 1. The van der Waals surface area contributed by atoms with E-state index in [1.165, 1.54) is 19.1 Å². The smallest absolute Gasteiger partial charge is 0.355 e. The average molecular weight is 396 g/mol. The van der Waals surface area contributed by atoms with Crippen molar-refractivity contribution in [3.8, 4) is 0 Å². The first-order valence-electron chi connectivity index (χ1n) is 8.76. The van der Waals surface area contributed by atoms with Gasteiger partial charge in [0.15, 0.2) is 0 Å². The van der Waals surface area contributed by atoms with Crippen LogP contribution >= 0.6 is 0 Å². The maximum absolute atomic E-state index is 12.3. The van der Waals surface area contributed by atoms with Crippen LogP contribution in [-0.4, -0.2) is 45.4 Å². The van der Waals surface area contributed by atoms with Gasteiger partial charge in [0.05, 0.1) is 26.4 Å². The van der Waals surface area contributed by atoms with Gasteiger partial charge in [0.1, 0.15) is 12.4 Å². The third-order valence-electron chi connectivity index (χ3n) is 4.31. The fourth-order valence-corrected chi connectivity index (χ4v) is 2.86. The lowest BCUT2D eigenvalue weighted by molar-refractivity contribution is -0.140. The summed E-state index contributed by atoms with van der Waals surface area (Å²) in [6, 6.07) is 15.6. The predicted octanol–water partition coefficient (Wildman–Crippen LogP) is 2.33. The van der Waals surface area contributed by atoms with Crippen LogP contribution in [0.1, 0.15) is 10.4 Å². The first-order valence-corrected chi connectivity index (χ1v) is 8.76. The molecule has 3 rings (SSSR count). The standard InChI is InChI=1S/C21H20N2O6/c1-27-20(25)17-12-29-13-23(18(17)21(26)28-2)16-10-8-15(9-11-16)22-19(24)14-6-4-3-5-7-14/h3-11H,12-13H2,1-2H3,(H,22,24). The summed E-state index contributed by atoms with van der Waals surface area (Å²) >= 11 is 0. The molecule has 0 bridgehead atoms. The molecule has 29 heavy (non-hydrogen) atoms. The third kappa shape index (κ3) is 4.44. The zero-order chi connectivity index (χ0) is 20.8. The monoisotopic (exact) mass is 396 g/mol. The summed E-state index contributed by atoms with van der Waals surface area (Å²) in [6.07, 6.45) is 0. The fourth-order valence-electron chi connectivity index (χ4n) is 2.86.